The molecule has 33 heavy (non-hydrogen) atoms. The first-order chi connectivity index (χ1) is 15.6. The second-order valence-electron chi connectivity index (χ2n) is 8.34. The summed E-state index contributed by atoms with van der Waals surface area (Å²) >= 11 is 0. The number of rotatable bonds is 7. The van der Waals surface area contributed by atoms with Gasteiger partial charge in [0.15, 0.2) is 5.79 Å². The minimum absolute atomic E-state index is 0.125. The lowest BCUT2D eigenvalue weighted by Crippen LogP contribution is -2.36. The van der Waals surface area contributed by atoms with Crippen LogP contribution in [0.1, 0.15) is 25.0 Å². The Bertz CT molecular complexity index is 1010. The molecule has 0 saturated carbocycles. The van der Waals surface area contributed by atoms with Crippen LogP contribution in [-0.2, 0) is 20.9 Å². The molecule has 0 unspecified atom stereocenters. The number of halogens is 1. The molecule has 1 aliphatic rings. The van der Waals surface area contributed by atoms with Crippen LogP contribution >= 0.6 is 0 Å². The lowest BCUT2D eigenvalue weighted by molar-refractivity contribution is -0.131. The van der Waals surface area contributed by atoms with Gasteiger partial charge in [-0.1, -0.05) is 17.3 Å². The van der Waals surface area contributed by atoms with E-state index in [0.717, 1.165) is 11.3 Å². The monoisotopic (exact) mass is 459 g/mol. The van der Waals surface area contributed by atoms with Gasteiger partial charge in [-0.15, -0.1) is 0 Å². The Labute approximate surface area is 193 Å². The molecule has 8 nitrogen and oxygen atoms in total. The van der Waals surface area contributed by atoms with Gasteiger partial charge in [-0.2, -0.15) is 0 Å². The third kappa shape index (κ3) is 6.21. The highest BCUT2D eigenvalue weighted by molar-refractivity contribution is 6.04. The van der Waals surface area contributed by atoms with Crippen LogP contribution in [-0.4, -0.2) is 63.4 Å². The van der Waals surface area contributed by atoms with Crippen molar-refractivity contribution in [2.75, 3.05) is 39.8 Å². The average Bonchev–Trinajstić information content (AvgIpc) is 3.14. The number of oxime groups is 1. The number of hydrogen-bond donors (Lipinski definition) is 0. The highest BCUT2D eigenvalue weighted by Crippen LogP contribution is 2.27. The van der Waals surface area contributed by atoms with Crippen LogP contribution in [0.25, 0.3) is 0 Å². The molecule has 2 aromatic carbocycles. The molecule has 0 radical (unpaired) electrons. The van der Waals surface area contributed by atoms with Crippen LogP contribution in [0.5, 0.6) is 5.75 Å². The second kappa shape index (κ2) is 10.2. The van der Waals surface area contributed by atoms with E-state index in [9.17, 15) is 9.18 Å². The van der Waals surface area contributed by atoms with Crippen LogP contribution in [0.3, 0.4) is 0 Å². The molecule has 0 aromatic heterocycles. The molecular formula is C24H30FN3O5. The molecule has 1 heterocycles. The summed E-state index contributed by atoms with van der Waals surface area (Å²) in [6.45, 7) is 4.11. The lowest BCUT2D eigenvalue weighted by atomic mass is 10.1. The zero-order valence-electron chi connectivity index (χ0n) is 19.8. The Morgan fingerprint density at radius 1 is 1.18 bits per heavy atom. The van der Waals surface area contributed by atoms with Gasteiger partial charge < -0.3 is 23.9 Å². The van der Waals surface area contributed by atoms with Crippen LogP contribution in [0.15, 0.2) is 47.6 Å². The van der Waals surface area contributed by atoms with Crippen LogP contribution < -0.4 is 9.64 Å². The third-order valence-electron chi connectivity index (χ3n) is 5.07. The number of benzene rings is 2. The normalized spacial score (nSPS) is 17.5. The molecule has 2 amide bonds. The Kier molecular flexibility index (Phi) is 7.55. The molecule has 0 bridgehead atoms. The number of carbonyl (C=O) groups is 1. The zero-order valence-corrected chi connectivity index (χ0v) is 19.8. The number of amides is 2. The molecule has 9 heteroatoms. The molecule has 0 spiro atoms. The Balaban J connectivity index is 1.72. The van der Waals surface area contributed by atoms with Crippen LogP contribution in [0.2, 0.25) is 0 Å². The Morgan fingerprint density at radius 2 is 1.88 bits per heavy atom. The molecule has 3 rings (SSSR count). The van der Waals surface area contributed by atoms with Gasteiger partial charge in [0.1, 0.15) is 37.1 Å². The molecule has 178 valence electrons. The van der Waals surface area contributed by atoms with E-state index in [1.54, 1.807) is 46.0 Å². The highest BCUT2D eigenvalue weighted by atomic mass is 19.1. The first kappa shape index (κ1) is 24.5. The van der Waals surface area contributed by atoms with E-state index in [2.05, 4.69) is 5.16 Å². The minimum Gasteiger partial charge on any atom is -0.489 e. The number of nitrogens with zero attached hydrogens (tertiary/aromatic N) is 3. The van der Waals surface area contributed by atoms with E-state index < -0.39 is 17.7 Å². The summed E-state index contributed by atoms with van der Waals surface area (Å²) < 4.78 is 31.7. The Morgan fingerprint density at radius 3 is 2.45 bits per heavy atom. The van der Waals surface area contributed by atoms with Crippen LogP contribution in [0, 0.1) is 5.82 Å². The van der Waals surface area contributed by atoms with Crippen LogP contribution in [0.4, 0.5) is 14.9 Å². The SMILES string of the molecule is CO/N=C(\c1cc(F)cc(OCc2ccc(N(C)C(=O)N(C)C)cc2)c1)[C@H]1COC(C)(C)O1. The maximum atomic E-state index is 14.4. The molecular weight excluding hydrogens is 429 g/mol. The van der Waals surface area contributed by atoms with Gasteiger partial charge in [-0.3, -0.25) is 4.90 Å². The highest BCUT2D eigenvalue weighted by Gasteiger charge is 2.36. The van der Waals surface area contributed by atoms with E-state index in [-0.39, 0.29) is 19.2 Å². The van der Waals surface area contributed by atoms with Crippen molar-refractivity contribution in [3.63, 3.8) is 0 Å². The van der Waals surface area contributed by atoms with Crippen molar-refractivity contribution in [3.8, 4) is 5.75 Å². The molecule has 1 aliphatic heterocycles. The van der Waals surface area contributed by atoms with Gasteiger partial charge in [-0.05, 0) is 43.7 Å². The third-order valence-corrected chi connectivity index (χ3v) is 5.07. The number of urea groups is 1. The second-order valence-corrected chi connectivity index (χ2v) is 8.34. The number of carbonyl (C=O) groups excluding carboxylic acids is 1. The number of ether oxygens (including phenoxy) is 3. The zero-order chi connectivity index (χ0) is 24.2. The maximum absolute atomic E-state index is 14.4. The van der Waals surface area contributed by atoms with Gasteiger partial charge in [0.25, 0.3) is 0 Å². The summed E-state index contributed by atoms with van der Waals surface area (Å²) in [4.78, 5) is 20.1. The Hall–Kier alpha value is -3.17. The molecule has 1 fully saturated rings. The van der Waals surface area contributed by atoms with E-state index in [1.807, 2.05) is 24.3 Å². The summed E-state index contributed by atoms with van der Waals surface area (Å²) in [5.41, 5.74) is 2.53. The maximum Gasteiger partial charge on any atom is 0.323 e. The van der Waals surface area contributed by atoms with Crippen molar-refractivity contribution < 1.29 is 28.2 Å². The minimum atomic E-state index is -0.761. The fourth-order valence-corrected chi connectivity index (χ4v) is 3.40. The van der Waals surface area contributed by atoms with E-state index in [0.29, 0.717) is 17.0 Å². The predicted molar refractivity (Wildman–Crippen MR) is 123 cm³/mol. The lowest BCUT2D eigenvalue weighted by Gasteiger charge is -2.22. The van der Waals surface area contributed by atoms with Gasteiger partial charge in [0.2, 0.25) is 0 Å². The van der Waals surface area contributed by atoms with Gasteiger partial charge in [-0.25, -0.2) is 9.18 Å². The molecule has 2 aromatic rings. The molecule has 0 N–H and O–H groups in total. The smallest absolute Gasteiger partial charge is 0.323 e. The summed E-state index contributed by atoms with van der Waals surface area (Å²) in [5.74, 6) is -0.886. The van der Waals surface area contributed by atoms with E-state index in [4.69, 9.17) is 19.0 Å². The quantitative estimate of drug-likeness (QED) is 0.462. The molecule has 0 aliphatic carbocycles. The average molecular weight is 460 g/mol. The fourth-order valence-electron chi connectivity index (χ4n) is 3.40. The van der Waals surface area contributed by atoms with Crippen molar-refractivity contribution in [3.05, 3.63) is 59.4 Å². The first-order valence-corrected chi connectivity index (χ1v) is 10.5. The number of anilines is 1. The van der Waals surface area contributed by atoms with Crippen molar-refractivity contribution in [2.24, 2.45) is 5.16 Å². The van der Waals surface area contributed by atoms with Crippen molar-refractivity contribution in [1.82, 2.24) is 4.90 Å². The van der Waals surface area contributed by atoms with Gasteiger partial charge in [0.05, 0.1) is 6.61 Å². The largest absolute Gasteiger partial charge is 0.489 e. The predicted octanol–water partition coefficient (Wildman–Crippen LogP) is 4.02. The summed E-state index contributed by atoms with van der Waals surface area (Å²) in [5, 5.41) is 4.05. The first-order valence-electron chi connectivity index (χ1n) is 10.5. The van der Waals surface area contributed by atoms with Crippen molar-refractivity contribution >= 4 is 17.4 Å². The van der Waals surface area contributed by atoms with Crippen molar-refractivity contribution in [1.29, 1.82) is 0 Å². The van der Waals surface area contributed by atoms with Crippen molar-refractivity contribution in [2.45, 2.75) is 32.3 Å². The van der Waals surface area contributed by atoms with Gasteiger partial charge in [0, 0.05) is 38.5 Å². The molecule has 1 saturated heterocycles. The summed E-state index contributed by atoms with van der Waals surface area (Å²) in [6.07, 6.45) is -0.496. The molecule has 1 atom stereocenters. The summed E-state index contributed by atoms with van der Waals surface area (Å²) in [6, 6.07) is 11.6. The van der Waals surface area contributed by atoms with Gasteiger partial charge >= 0.3 is 6.03 Å². The fraction of sp³-hybridized carbons (Fsp3) is 0.417. The number of hydrogen-bond acceptors (Lipinski definition) is 6. The standard InChI is InChI=1S/C24H30FN3O5/c1-24(2)32-15-21(33-24)22(26-30-6)17-11-18(25)13-20(12-17)31-14-16-7-9-19(10-8-16)28(5)23(29)27(3)4/h7-13,21H,14-15H2,1-6H3/b26-22+/t21-/m1/s1. The van der Waals surface area contributed by atoms with E-state index >= 15 is 0 Å². The van der Waals surface area contributed by atoms with E-state index in [1.165, 1.54) is 24.1 Å². The summed E-state index contributed by atoms with van der Waals surface area (Å²) in [7, 11) is 6.53. The topological polar surface area (TPSA) is 72.8 Å².